The molecule has 0 radical (unpaired) electrons. The Morgan fingerprint density at radius 1 is 1.12 bits per heavy atom. The van der Waals surface area contributed by atoms with E-state index in [0.29, 0.717) is 13.2 Å². The second kappa shape index (κ2) is 6.58. The van der Waals surface area contributed by atoms with Crippen molar-refractivity contribution in [3.63, 3.8) is 0 Å². The number of nitrogens with zero attached hydrogens (tertiary/aromatic N) is 3. The van der Waals surface area contributed by atoms with Crippen molar-refractivity contribution in [1.29, 1.82) is 0 Å². The minimum absolute atomic E-state index is 0.0572. The lowest BCUT2D eigenvalue weighted by Gasteiger charge is -2.27. The maximum absolute atomic E-state index is 5.87. The monoisotopic (exact) mass is 319 g/mol. The van der Waals surface area contributed by atoms with Gasteiger partial charge in [0.05, 0.1) is 6.33 Å². The van der Waals surface area contributed by atoms with Crippen molar-refractivity contribution in [3.8, 4) is 5.75 Å². The molecular formula is C19H17N3O2. The molecule has 0 N–H and O–H groups in total. The maximum Gasteiger partial charge on any atom is 0.142 e. The summed E-state index contributed by atoms with van der Waals surface area (Å²) in [4.78, 5) is 9.77. The van der Waals surface area contributed by atoms with Crippen molar-refractivity contribution in [3.05, 3.63) is 84.4 Å². The van der Waals surface area contributed by atoms with Gasteiger partial charge in [0, 0.05) is 18.0 Å². The second-order valence-electron chi connectivity index (χ2n) is 5.57. The molecule has 0 spiro atoms. The van der Waals surface area contributed by atoms with Gasteiger partial charge in [0.25, 0.3) is 0 Å². The van der Waals surface area contributed by atoms with Crippen LogP contribution in [0.3, 0.4) is 0 Å². The number of imidazole rings is 1. The normalized spacial score (nSPS) is 18.0. The van der Waals surface area contributed by atoms with Crippen LogP contribution >= 0.6 is 0 Å². The summed E-state index contributed by atoms with van der Waals surface area (Å²) in [6.45, 7) is 0.935. The van der Waals surface area contributed by atoms with Crippen LogP contribution in [-0.2, 0) is 11.4 Å². The van der Waals surface area contributed by atoms with Gasteiger partial charge in [-0.05, 0) is 17.7 Å². The van der Waals surface area contributed by atoms with Gasteiger partial charge in [0.15, 0.2) is 0 Å². The van der Waals surface area contributed by atoms with Crippen LogP contribution in [-0.4, -0.2) is 21.9 Å². The fourth-order valence-corrected chi connectivity index (χ4v) is 2.77. The van der Waals surface area contributed by atoms with Gasteiger partial charge in [0.2, 0.25) is 0 Å². The summed E-state index contributed by atoms with van der Waals surface area (Å²) < 4.78 is 7.86. The molecule has 0 bridgehead atoms. The Bertz CT molecular complexity index is 829. The molecule has 0 saturated heterocycles. The molecule has 5 nitrogen and oxygen atoms in total. The number of oxime groups is 1. The number of aromatic nitrogens is 2. The predicted octanol–water partition coefficient (Wildman–Crippen LogP) is 3.44. The fraction of sp³-hybridized carbons (Fsp3) is 0.158. The van der Waals surface area contributed by atoms with Crippen LogP contribution in [0.25, 0.3) is 0 Å². The first-order chi connectivity index (χ1) is 11.9. The third-order valence-electron chi connectivity index (χ3n) is 4.00. The lowest BCUT2D eigenvalue weighted by atomic mass is 10.00. The molecule has 0 fully saturated rings. The Kier molecular flexibility index (Phi) is 3.98. The lowest BCUT2D eigenvalue weighted by Crippen LogP contribution is -2.30. The molecule has 120 valence electrons. The first-order valence-corrected chi connectivity index (χ1v) is 7.85. The SMILES string of the molecule is c1ccc(CO/N=C2/c3ccccc3OCC2n2ccnc2)cc1. The molecule has 5 heteroatoms. The molecule has 1 aliphatic heterocycles. The maximum atomic E-state index is 5.87. The summed E-state index contributed by atoms with van der Waals surface area (Å²) in [6.07, 6.45) is 5.44. The number of benzene rings is 2. The average molecular weight is 319 g/mol. The Labute approximate surface area is 140 Å². The van der Waals surface area contributed by atoms with Gasteiger partial charge in [-0.2, -0.15) is 0 Å². The van der Waals surface area contributed by atoms with Gasteiger partial charge >= 0.3 is 0 Å². The zero-order valence-electron chi connectivity index (χ0n) is 13.1. The van der Waals surface area contributed by atoms with Gasteiger partial charge < -0.3 is 14.1 Å². The lowest BCUT2D eigenvalue weighted by molar-refractivity contribution is 0.127. The fourth-order valence-electron chi connectivity index (χ4n) is 2.77. The molecule has 0 saturated carbocycles. The average Bonchev–Trinajstić information content (AvgIpc) is 3.17. The van der Waals surface area contributed by atoms with E-state index in [1.165, 1.54) is 0 Å². The Morgan fingerprint density at radius 3 is 2.79 bits per heavy atom. The minimum Gasteiger partial charge on any atom is -0.490 e. The van der Waals surface area contributed by atoms with E-state index in [1.807, 2.05) is 65.4 Å². The van der Waals surface area contributed by atoms with Crippen LogP contribution in [0.5, 0.6) is 5.75 Å². The summed E-state index contributed by atoms with van der Waals surface area (Å²) in [6, 6.07) is 17.8. The van der Waals surface area contributed by atoms with E-state index >= 15 is 0 Å². The third-order valence-corrected chi connectivity index (χ3v) is 4.00. The predicted molar refractivity (Wildman–Crippen MR) is 91.0 cm³/mol. The molecule has 2 aromatic carbocycles. The summed E-state index contributed by atoms with van der Waals surface area (Å²) in [5.74, 6) is 0.830. The molecule has 2 heterocycles. The van der Waals surface area contributed by atoms with E-state index < -0.39 is 0 Å². The van der Waals surface area contributed by atoms with Crippen LogP contribution in [0.2, 0.25) is 0 Å². The Morgan fingerprint density at radius 2 is 1.96 bits per heavy atom. The first-order valence-electron chi connectivity index (χ1n) is 7.85. The van der Waals surface area contributed by atoms with Crippen LogP contribution in [0.15, 0.2) is 78.5 Å². The number of hydrogen-bond acceptors (Lipinski definition) is 4. The zero-order chi connectivity index (χ0) is 16.2. The molecule has 1 aliphatic rings. The largest absolute Gasteiger partial charge is 0.490 e. The van der Waals surface area contributed by atoms with Gasteiger partial charge in [-0.15, -0.1) is 0 Å². The highest BCUT2D eigenvalue weighted by molar-refractivity contribution is 6.06. The standard InChI is InChI=1S/C19H17N3O2/c1-2-6-15(7-3-1)12-24-21-19-16-8-4-5-9-18(16)23-13-17(19)22-11-10-20-14-22/h1-11,14,17H,12-13H2/b21-19-. The van der Waals surface area contributed by atoms with Crippen LogP contribution in [0, 0.1) is 0 Å². The molecule has 1 unspecified atom stereocenters. The number of para-hydroxylation sites is 1. The number of fused-ring (bicyclic) bond motifs is 1. The van der Waals surface area contributed by atoms with Crippen molar-refractivity contribution in [2.75, 3.05) is 6.61 Å². The molecule has 0 amide bonds. The molecule has 1 atom stereocenters. The zero-order valence-corrected chi connectivity index (χ0v) is 13.1. The molecule has 0 aliphatic carbocycles. The van der Waals surface area contributed by atoms with Crippen LogP contribution in [0.1, 0.15) is 17.2 Å². The first kappa shape index (κ1) is 14.5. The van der Waals surface area contributed by atoms with Gasteiger partial charge in [-0.1, -0.05) is 47.6 Å². The van der Waals surface area contributed by atoms with Gasteiger partial charge in [0.1, 0.15) is 30.7 Å². The van der Waals surface area contributed by atoms with E-state index in [9.17, 15) is 0 Å². The van der Waals surface area contributed by atoms with Crippen molar-refractivity contribution in [2.24, 2.45) is 5.16 Å². The van der Waals surface area contributed by atoms with Crippen molar-refractivity contribution < 1.29 is 9.57 Å². The van der Waals surface area contributed by atoms with E-state index in [4.69, 9.17) is 9.57 Å². The summed E-state index contributed by atoms with van der Waals surface area (Å²) in [5, 5.41) is 4.45. The van der Waals surface area contributed by atoms with Crippen LogP contribution in [0.4, 0.5) is 0 Å². The van der Waals surface area contributed by atoms with Crippen molar-refractivity contribution in [1.82, 2.24) is 9.55 Å². The number of hydrogen-bond donors (Lipinski definition) is 0. The van der Waals surface area contributed by atoms with Gasteiger partial charge in [-0.3, -0.25) is 0 Å². The van der Waals surface area contributed by atoms with Crippen molar-refractivity contribution in [2.45, 2.75) is 12.6 Å². The molecule has 1 aromatic heterocycles. The number of ether oxygens (including phenoxy) is 1. The summed E-state index contributed by atoms with van der Waals surface area (Å²) in [5.41, 5.74) is 2.89. The van der Waals surface area contributed by atoms with Gasteiger partial charge in [-0.25, -0.2) is 4.98 Å². The topological polar surface area (TPSA) is 48.6 Å². The molecule has 3 aromatic rings. The summed E-state index contributed by atoms with van der Waals surface area (Å²) >= 11 is 0. The highest BCUT2D eigenvalue weighted by Gasteiger charge is 2.28. The van der Waals surface area contributed by atoms with E-state index in [2.05, 4.69) is 10.1 Å². The molecule has 24 heavy (non-hydrogen) atoms. The van der Waals surface area contributed by atoms with Crippen molar-refractivity contribution >= 4 is 5.71 Å². The Balaban J connectivity index is 1.63. The highest BCUT2D eigenvalue weighted by atomic mass is 16.6. The molecule has 4 rings (SSSR count). The van der Waals surface area contributed by atoms with Crippen LogP contribution < -0.4 is 4.74 Å². The van der Waals surface area contributed by atoms with E-state index in [0.717, 1.165) is 22.6 Å². The Hall–Kier alpha value is -3.08. The van der Waals surface area contributed by atoms with E-state index in [1.54, 1.807) is 12.5 Å². The van der Waals surface area contributed by atoms with E-state index in [-0.39, 0.29) is 6.04 Å². The third kappa shape index (κ3) is 2.88. The number of rotatable bonds is 4. The summed E-state index contributed by atoms with van der Waals surface area (Å²) in [7, 11) is 0. The second-order valence-corrected chi connectivity index (χ2v) is 5.57. The molecular weight excluding hydrogens is 302 g/mol. The minimum atomic E-state index is -0.0572. The smallest absolute Gasteiger partial charge is 0.142 e. The quantitative estimate of drug-likeness (QED) is 0.692. The highest BCUT2D eigenvalue weighted by Crippen LogP contribution is 2.30.